The molecule has 0 bridgehead atoms. The summed E-state index contributed by atoms with van der Waals surface area (Å²) in [7, 11) is 2.97. The van der Waals surface area contributed by atoms with Crippen LogP contribution in [0.25, 0.3) is 10.9 Å². The first-order chi connectivity index (χ1) is 14.8. The highest BCUT2D eigenvalue weighted by Crippen LogP contribution is 2.29. The highest BCUT2D eigenvalue weighted by molar-refractivity contribution is 5.81. The van der Waals surface area contributed by atoms with E-state index in [9.17, 15) is 18.4 Å². The minimum atomic E-state index is -0.861. The summed E-state index contributed by atoms with van der Waals surface area (Å²) in [6.07, 6.45) is 0.875. The number of hydrogen-bond donors (Lipinski definition) is 0. The van der Waals surface area contributed by atoms with E-state index in [-0.39, 0.29) is 24.1 Å². The van der Waals surface area contributed by atoms with Crippen LogP contribution in [0.2, 0.25) is 0 Å². The lowest BCUT2D eigenvalue weighted by molar-refractivity contribution is -0.148. The van der Waals surface area contributed by atoms with E-state index in [1.807, 2.05) is 0 Å². The lowest BCUT2D eigenvalue weighted by Crippen LogP contribution is -2.21. The second kappa shape index (κ2) is 9.55. The molecule has 1 aromatic heterocycles. The number of nitrogens with zero attached hydrogens (tertiary/aromatic N) is 2. The lowest BCUT2D eigenvalue weighted by Gasteiger charge is -2.14. The molecule has 0 saturated heterocycles. The number of rotatable bonds is 8. The number of carbonyl (C=O) groups excluding carboxylic acids is 1. The summed E-state index contributed by atoms with van der Waals surface area (Å²) in [5.41, 5.74) is 0.281. The van der Waals surface area contributed by atoms with E-state index in [4.69, 9.17) is 14.2 Å². The smallest absolute Gasteiger partial charge is 0.306 e. The van der Waals surface area contributed by atoms with Gasteiger partial charge in [-0.25, -0.2) is 13.8 Å². The van der Waals surface area contributed by atoms with Gasteiger partial charge in [0.15, 0.2) is 11.5 Å². The summed E-state index contributed by atoms with van der Waals surface area (Å²) in [6, 6.07) is 6.27. The molecule has 0 saturated carbocycles. The summed E-state index contributed by atoms with van der Waals surface area (Å²) >= 11 is 0. The van der Waals surface area contributed by atoms with Crippen molar-refractivity contribution in [3.05, 3.63) is 64.2 Å². The molecule has 0 spiro atoms. The Kier molecular flexibility index (Phi) is 6.84. The molecule has 1 unspecified atom stereocenters. The van der Waals surface area contributed by atoms with Gasteiger partial charge in [0.2, 0.25) is 0 Å². The maximum atomic E-state index is 13.8. The molecular formula is C22H22F2N2O5. The predicted octanol–water partition coefficient (Wildman–Crippen LogP) is 3.78. The maximum Gasteiger partial charge on any atom is 0.306 e. The standard InChI is InChI=1S/C22H22F2N2O5/c1-13(15-7-6-14(23)9-17(15)24)31-21(27)5-4-8-26-12-25-18-11-20(30-3)19(29-2)10-16(18)22(26)28/h6-7,9-13H,4-5,8H2,1-3H3. The van der Waals surface area contributed by atoms with Gasteiger partial charge in [-0.3, -0.25) is 14.2 Å². The van der Waals surface area contributed by atoms with E-state index in [1.165, 1.54) is 38.1 Å². The monoisotopic (exact) mass is 432 g/mol. The Balaban J connectivity index is 1.64. The van der Waals surface area contributed by atoms with Crippen LogP contribution in [0.5, 0.6) is 11.5 Å². The number of halogens is 2. The van der Waals surface area contributed by atoms with Gasteiger partial charge in [0.1, 0.15) is 17.7 Å². The molecule has 164 valence electrons. The van der Waals surface area contributed by atoms with E-state index in [0.29, 0.717) is 28.8 Å². The third kappa shape index (κ3) is 4.99. The van der Waals surface area contributed by atoms with Crippen molar-refractivity contribution in [2.45, 2.75) is 32.4 Å². The van der Waals surface area contributed by atoms with Gasteiger partial charge in [-0.05, 0) is 31.5 Å². The van der Waals surface area contributed by atoms with E-state index >= 15 is 0 Å². The molecule has 31 heavy (non-hydrogen) atoms. The Morgan fingerprint density at radius 3 is 2.52 bits per heavy atom. The normalized spacial score (nSPS) is 11.9. The van der Waals surface area contributed by atoms with Crippen LogP contribution in [-0.2, 0) is 16.1 Å². The number of benzene rings is 2. The molecular weight excluding hydrogens is 410 g/mol. The van der Waals surface area contributed by atoms with Gasteiger partial charge in [0.25, 0.3) is 5.56 Å². The average molecular weight is 432 g/mol. The predicted molar refractivity (Wildman–Crippen MR) is 109 cm³/mol. The third-order valence-electron chi connectivity index (χ3n) is 4.82. The number of esters is 1. The molecule has 0 amide bonds. The van der Waals surface area contributed by atoms with Gasteiger partial charge in [0, 0.05) is 30.7 Å². The average Bonchev–Trinajstić information content (AvgIpc) is 2.74. The van der Waals surface area contributed by atoms with Crippen LogP contribution in [0.1, 0.15) is 31.4 Å². The first-order valence-corrected chi connectivity index (χ1v) is 9.59. The molecule has 3 aromatic rings. The van der Waals surface area contributed by atoms with E-state index in [0.717, 1.165) is 12.1 Å². The number of ether oxygens (including phenoxy) is 3. The van der Waals surface area contributed by atoms with Gasteiger partial charge in [-0.15, -0.1) is 0 Å². The Bertz CT molecular complexity index is 1160. The van der Waals surface area contributed by atoms with Crippen LogP contribution in [0.4, 0.5) is 8.78 Å². The van der Waals surface area contributed by atoms with Crippen molar-refractivity contribution in [2.24, 2.45) is 0 Å². The quantitative estimate of drug-likeness (QED) is 0.504. The fraction of sp³-hybridized carbons (Fsp3) is 0.318. The van der Waals surface area contributed by atoms with Crippen molar-refractivity contribution < 1.29 is 27.8 Å². The Morgan fingerprint density at radius 1 is 1.13 bits per heavy atom. The lowest BCUT2D eigenvalue weighted by atomic mass is 10.1. The van der Waals surface area contributed by atoms with Crippen LogP contribution in [0, 0.1) is 11.6 Å². The van der Waals surface area contributed by atoms with E-state index < -0.39 is 23.7 Å². The Morgan fingerprint density at radius 2 is 1.84 bits per heavy atom. The van der Waals surface area contributed by atoms with Gasteiger partial charge in [-0.2, -0.15) is 0 Å². The molecule has 9 heteroatoms. The van der Waals surface area contributed by atoms with Crippen LogP contribution in [0.3, 0.4) is 0 Å². The summed E-state index contributed by atoms with van der Waals surface area (Å²) in [6.45, 7) is 1.75. The summed E-state index contributed by atoms with van der Waals surface area (Å²) in [5, 5.41) is 0.364. The second-order valence-corrected chi connectivity index (χ2v) is 6.87. The van der Waals surface area contributed by atoms with Gasteiger partial charge in [-0.1, -0.05) is 0 Å². The van der Waals surface area contributed by atoms with Crippen molar-refractivity contribution in [1.29, 1.82) is 0 Å². The third-order valence-corrected chi connectivity index (χ3v) is 4.82. The molecule has 1 atom stereocenters. The highest BCUT2D eigenvalue weighted by atomic mass is 19.1. The molecule has 2 aromatic carbocycles. The van der Waals surface area contributed by atoms with Crippen LogP contribution >= 0.6 is 0 Å². The van der Waals surface area contributed by atoms with Crippen molar-refractivity contribution in [3.8, 4) is 11.5 Å². The number of fused-ring (bicyclic) bond motifs is 1. The first-order valence-electron chi connectivity index (χ1n) is 9.59. The Hall–Kier alpha value is -3.49. The SMILES string of the molecule is COc1cc2ncn(CCCC(=O)OC(C)c3ccc(F)cc3F)c(=O)c2cc1OC. The van der Waals surface area contributed by atoms with Crippen molar-refractivity contribution in [3.63, 3.8) is 0 Å². The summed E-state index contributed by atoms with van der Waals surface area (Å²) < 4.78 is 43.9. The number of carbonyl (C=O) groups is 1. The van der Waals surface area contributed by atoms with Crippen LogP contribution in [-0.4, -0.2) is 29.7 Å². The number of aryl methyl sites for hydroxylation is 1. The zero-order chi connectivity index (χ0) is 22.5. The zero-order valence-corrected chi connectivity index (χ0v) is 17.4. The second-order valence-electron chi connectivity index (χ2n) is 6.87. The molecule has 0 radical (unpaired) electrons. The fourth-order valence-electron chi connectivity index (χ4n) is 3.19. The molecule has 0 aliphatic rings. The zero-order valence-electron chi connectivity index (χ0n) is 17.4. The van der Waals surface area contributed by atoms with Crippen LogP contribution < -0.4 is 15.0 Å². The van der Waals surface area contributed by atoms with Gasteiger partial charge in [0.05, 0.1) is 31.4 Å². The molecule has 0 aliphatic heterocycles. The van der Waals surface area contributed by atoms with Crippen molar-refractivity contribution >= 4 is 16.9 Å². The Labute approximate surface area is 177 Å². The highest BCUT2D eigenvalue weighted by Gasteiger charge is 2.16. The topological polar surface area (TPSA) is 79.7 Å². The summed E-state index contributed by atoms with van der Waals surface area (Å²) in [4.78, 5) is 29.1. The first kappa shape index (κ1) is 22.2. The maximum absolute atomic E-state index is 13.8. The molecule has 0 N–H and O–H groups in total. The number of aromatic nitrogens is 2. The van der Waals surface area contributed by atoms with Crippen LogP contribution in [0.15, 0.2) is 41.5 Å². The van der Waals surface area contributed by atoms with E-state index in [1.54, 1.807) is 12.1 Å². The number of hydrogen-bond acceptors (Lipinski definition) is 6. The minimum absolute atomic E-state index is 0.0174. The van der Waals surface area contributed by atoms with E-state index in [2.05, 4.69) is 4.98 Å². The molecule has 3 rings (SSSR count). The molecule has 7 nitrogen and oxygen atoms in total. The summed E-state index contributed by atoms with van der Waals surface area (Å²) in [5.74, 6) is -1.15. The minimum Gasteiger partial charge on any atom is -0.493 e. The molecule has 0 fully saturated rings. The van der Waals surface area contributed by atoms with Crippen molar-refractivity contribution in [2.75, 3.05) is 14.2 Å². The van der Waals surface area contributed by atoms with Crippen molar-refractivity contribution in [1.82, 2.24) is 9.55 Å². The molecule has 1 heterocycles. The fourth-order valence-corrected chi connectivity index (χ4v) is 3.19. The largest absolute Gasteiger partial charge is 0.493 e. The van der Waals surface area contributed by atoms with Gasteiger partial charge < -0.3 is 14.2 Å². The van der Waals surface area contributed by atoms with Gasteiger partial charge >= 0.3 is 5.97 Å². The molecule has 0 aliphatic carbocycles. The number of methoxy groups -OCH3 is 2.